The molecule has 1 saturated carbocycles. The molecule has 10 heteroatoms. The molecular weight excluding hydrogens is 400 g/mol. The van der Waals surface area contributed by atoms with E-state index in [0.717, 1.165) is 25.7 Å². The number of sulfonamides is 1. The maximum Gasteiger partial charge on any atom is 0.308 e. The van der Waals surface area contributed by atoms with Crippen LogP contribution in [0.1, 0.15) is 39.5 Å². The maximum absolute atomic E-state index is 12.1. The van der Waals surface area contributed by atoms with Gasteiger partial charge in [0.2, 0.25) is 10.0 Å². The van der Waals surface area contributed by atoms with E-state index in [2.05, 4.69) is 20.3 Å². The molecule has 0 saturated heterocycles. The number of thiophene rings is 1. The Balaban J connectivity index is 1.79. The van der Waals surface area contributed by atoms with Crippen molar-refractivity contribution in [3.05, 3.63) is 17.5 Å². The quantitative estimate of drug-likeness (QED) is 0.238. The van der Waals surface area contributed by atoms with E-state index in [4.69, 9.17) is 4.74 Å². The molecule has 28 heavy (non-hydrogen) atoms. The van der Waals surface area contributed by atoms with Crippen LogP contribution < -0.4 is 15.4 Å². The van der Waals surface area contributed by atoms with E-state index in [1.54, 1.807) is 17.5 Å². The van der Waals surface area contributed by atoms with E-state index in [1.807, 2.05) is 13.8 Å². The third-order valence-corrected chi connectivity index (χ3v) is 7.32. The number of carbonyl (C=O) groups is 1. The molecule has 1 aromatic rings. The molecule has 0 spiro atoms. The van der Waals surface area contributed by atoms with Gasteiger partial charge in [0.05, 0.1) is 19.1 Å². The van der Waals surface area contributed by atoms with Gasteiger partial charge in [-0.2, -0.15) is 0 Å². The predicted molar refractivity (Wildman–Crippen MR) is 111 cm³/mol. The minimum absolute atomic E-state index is 0.0100. The smallest absolute Gasteiger partial charge is 0.308 e. The second kappa shape index (κ2) is 11.4. The van der Waals surface area contributed by atoms with E-state index in [9.17, 15) is 13.2 Å². The first-order chi connectivity index (χ1) is 13.5. The lowest BCUT2D eigenvalue weighted by Gasteiger charge is -2.29. The number of nitrogens with one attached hydrogen (secondary N) is 3. The van der Waals surface area contributed by atoms with Crippen molar-refractivity contribution in [2.75, 3.05) is 26.2 Å². The molecule has 1 heterocycles. The minimum Gasteiger partial charge on any atom is -0.466 e. The molecule has 1 aliphatic rings. The zero-order valence-corrected chi connectivity index (χ0v) is 18.1. The van der Waals surface area contributed by atoms with Gasteiger partial charge in [-0.05, 0) is 51.0 Å². The molecule has 8 nitrogen and oxygen atoms in total. The monoisotopic (exact) mass is 430 g/mol. The Morgan fingerprint density at radius 2 is 2.04 bits per heavy atom. The Kier molecular flexibility index (Phi) is 9.20. The summed E-state index contributed by atoms with van der Waals surface area (Å²) in [6.07, 6.45) is 3.35. The summed E-state index contributed by atoms with van der Waals surface area (Å²) in [5.74, 6) is 0.557. The number of hydrogen-bond donors (Lipinski definition) is 3. The Labute approximate surface area is 171 Å². The number of aliphatic imine (C=N–C) groups is 1. The Morgan fingerprint density at radius 3 is 2.64 bits per heavy atom. The molecule has 1 aliphatic carbocycles. The van der Waals surface area contributed by atoms with Crippen molar-refractivity contribution in [2.45, 2.75) is 49.8 Å². The molecular formula is C18H30N4O4S2. The van der Waals surface area contributed by atoms with Crippen molar-refractivity contribution in [3.8, 4) is 0 Å². The maximum atomic E-state index is 12.1. The number of hydrogen-bond acceptors (Lipinski definition) is 6. The summed E-state index contributed by atoms with van der Waals surface area (Å²) in [5.41, 5.74) is 0. The highest BCUT2D eigenvalue weighted by molar-refractivity contribution is 7.91. The third kappa shape index (κ3) is 7.06. The minimum atomic E-state index is -3.46. The van der Waals surface area contributed by atoms with Crippen molar-refractivity contribution >= 4 is 33.3 Å². The van der Waals surface area contributed by atoms with Crippen LogP contribution in [0, 0.1) is 5.92 Å². The standard InChI is InChI=1S/C18H30N4O4S2/c1-3-19-18(20-11-12-21-28(24,25)16-6-5-13-27-16)22-15-9-7-14(8-10-15)17(23)26-4-2/h5-6,13-15,21H,3-4,7-12H2,1-2H3,(H2,19,20,22). The fourth-order valence-corrected chi connectivity index (χ4v) is 5.14. The summed E-state index contributed by atoms with van der Waals surface area (Å²) in [7, 11) is -3.46. The fourth-order valence-electron chi connectivity index (χ4n) is 3.08. The first kappa shape index (κ1) is 22.6. The average molecular weight is 431 g/mol. The summed E-state index contributed by atoms with van der Waals surface area (Å²) in [4.78, 5) is 16.3. The van der Waals surface area contributed by atoms with Gasteiger partial charge in [-0.25, -0.2) is 13.1 Å². The van der Waals surface area contributed by atoms with E-state index in [-0.39, 0.29) is 24.5 Å². The topological polar surface area (TPSA) is 109 Å². The second-order valence-electron chi connectivity index (χ2n) is 6.54. The van der Waals surface area contributed by atoms with Gasteiger partial charge in [0.1, 0.15) is 4.21 Å². The van der Waals surface area contributed by atoms with Gasteiger partial charge in [0.15, 0.2) is 5.96 Å². The first-order valence-corrected chi connectivity index (χ1v) is 12.1. The number of guanidine groups is 1. The van der Waals surface area contributed by atoms with Gasteiger partial charge >= 0.3 is 5.97 Å². The van der Waals surface area contributed by atoms with E-state index < -0.39 is 10.0 Å². The largest absolute Gasteiger partial charge is 0.466 e. The molecule has 0 amide bonds. The average Bonchev–Trinajstić information content (AvgIpc) is 3.22. The number of carbonyl (C=O) groups excluding carboxylic acids is 1. The van der Waals surface area contributed by atoms with Crippen molar-refractivity contribution in [1.29, 1.82) is 0 Å². The molecule has 0 atom stereocenters. The molecule has 0 radical (unpaired) electrons. The van der Waals surface area contributed by atoms with Crippen LogP contribution in [0.2, 0.25) is 0 Å². The van der Waals surface area contributed by atoms with Crippen molar-refractivity contribution in [2.24, 2.45) is 10.9 Å². The second-order valence-corrected chi connectivity index (χ2v) is 9.48. The van der Waals surface area contributed by atoms with Crippen LogP contribution in [0.15, 0.2) is 26.7 Å². The molecule has 0 aromatic carbocycles. The van der Waals surface area contributed by atoms with Gasteiger partial charge in [0, 0.05) is 19.1 Å². The molecule has 0 bridgehead atoms. The Hall–Kier alpha value is -1.65. The van der Waals surface area contributed by atoms with Crippen LogP contribution in [-0.2, 0) is 19.6 Å². The van der Waals surface area contributed by atoms with Crippen LogP contribution >= 0.6 is 11.3 Å². The van der Waals surface area contributed by atoms with Crippen LogP contribution in [0.4, 0.5) is 0 Å². The lowest BCUT2D eigenvalue weighted by Crippen LogP contribution is -2.45. The predicted octanol–water partition coefficient (Wildman–Crippen LogP) is 1.70. The van der Waals surface area contributed by atoms with Crippen molar-refractivity contribution in [3.63, 3.8) is 0 Å². The number of ether oxygens (including phenoxy) is 1. The molecule has 1 aromatic heterocycles. The summed E-state index contributed by atoms with van der Waals surface area (Å²) in [6, 6.07) is 3.53. The number of esters is 1. The lowest BCUT2D eigenvalue weighted by molar-refractivity contribution is -0.149. The third-order valence-electron chi connectivity index (χ3n) is 4.47. The van der Waals surface area contributed by atoms with Gasteiger partial charge in [-0.15, -0.1) is 11.3 Å². The van der Waals surface area contributed by atoms with Crippen LogP contribution in [0.5, 0.6) is 0 Å². The summed E-state index contributed by atoms with van der Waals surface area (Å²) in [6.45, 7) is 5.50. The zero-order valence-electron chi connectivity index (χ0n) is 16.4. The highest BCUT2D eigenvalue weighted by Crippen LogP contribution is 2.25. The SMILES string of the molecule is CCNC(=NCCNS(=O)(=O)c1cccs1)NC1CCC(C(=O)OCC)CC1. The van der Waals surface area contributed by atoms with E-state index in [0.29, 0.717) is 29.9 Å². The summed E-state index contributed by atoms with van der Waals surface area (Å²) < 4.78 is 32.2. The van der Waals surface area contributed by atoms with Crippen LogP contribution in [0.25, 0.3) is 0 Å². The Morgan fingerprint density at radius 1 is 1.29 bits per heavy atom. The van der Waals surface area contributed by atoms with E-state index >= 15 is 0 Å². The van der Waals surface area contributed by atoms with Crippen molar-refractivity contribution < 1.29 is 17.9 Å². The number of nitrogens with zero attached hydrogens (tertiary/aromatic N) is 1. The first-order valence-electron chi connectivity index (χ1n) is 9.71. The fraction of sp³-hybridized carbons (Fsp3) is 0.667. The molecule has 158 valence electrons. The molecule has 0 unspecified atom stereocenters. The molecule has 0 aliphatic heterocycles. The molecule has 1 fully saturated rings. The van der Waals surface area contributed by atoms with Gasteiger partial charge < -0.3 is 15.4 Å². The van der Waals surface area contributed by atoms with E-state index in [1.165, 1.54) is 11.3 Å². The van der Waals surface area contributed by atoms with Crippen LogP contribution in [-0.4, -0.2) is 52.6 Å². The van der Waals surface area contributed by atoms with Gasteiger partial charge in [-0.1, -0.05) is 6.07 Å². The van der Waals surface area contributed by atoms with Crippen LogP contribution in [0.3, 0.4) is 0 Å². The van der Waals surface area contributed by atoms with Gasteiger partial charge in [-0.3, -0.25) is 9.79 Å². The van der Waals surface area contributed by atoms with Gasteiger partial charge in [0.25, 0.3) is 0 Å². The highest BCUT2D eigenvalue weighted by Gasteiger charge is 2.27. The summed E-state index contributed by atoms with van der Waals surface area (Å²) in [5, 5.41) is 8.30. The Bertz CT molecular complexity index is 727. The normalized spacial score (nSPS) is 20.6. The lowest BCUT2D eigenvalue weighted by atomic mass is 9.86. The highest BCUT2D eigenvalue weighted by atomic mass is 32.2. The summed E-state index contributed by atoms with van der Waals surface area (Å²) >= 11 is 1.19. The molecule has 3 N–H and O–H groups in total. The number of rotatable bonds is 9. The zero-order chi connectivity index (χ0) is 20.4. The van der Waals surface area contributed by atoms with Crippen molar-refractivity contribution in [1.82, 2.24) is 15.4 Å². The molecule has 2 rings (SSSR count).